The largest absolute Gasteiger partial charge is 0.498 e. The van der Waals surface area contributed by atoms with Crippen LogP contribution in [0.3, 0.4) is 0 Å². The van der Waals surface area contributed by atoms with Crippen LogP contribution in [0.5, 0.6) is 0 Å². The zero-order valence-corrected chi connectivity index (χ0v) is 13.3. The van der Waals surface area contributed by atoms with Gasteiger partial charge in [-0.05, 0) is 39.8 Å². The molecule has 3 heterocycles. The molecule has 0 radical (unpaired) electrons. The molecule has 0 spiro atoms. The number of pyridine rings is 1. The molecule has 5 nitrogen and oxygen atoms in total. The summed E-state index contributed by atoms with van der Waals surface area (Å²) in [4.78, 5) is 4.23. The summed E-state index contributed by atoms with van der Waals surface area (Å²) in [6.45, 7) is 8.10. The lowest BCUT2D eigenvalue weighted by molar-refractivity contribution is 0.00578. The van der Waals surface area contributed by atoms with E-state index in [0.717, 1.165) is 5.46 Å². The van der Waals surface area contributed by atoms with Gasteiger partial charge in [-0.15, -0.1) is 0 Å². The summed E-state index contributed by atoms with van der Waals surface area (Å²) in [6.07, 6.45) is 5.18. The minimum absolute atomic E-state index is 0.363. The molecule has 0 N–H and O–H groups in total. The van der Waals surface area contributed by atoms with E-state index < -0.39 is 7.12 Å². The highest BCUT2D eigenvalue weighted by molar-refractivity contribution is 6.62. The normalized spacial score (nSPS) is 20.0. The fraction of sp³-hybridized carbons (Fsp3) is 0.429. The number of nitrogens with zero attached hydrogens (tertiary/aromatic N) is 3. The SMILES string of the molecule is CC1(C)OB(c2cnn(-c3ccc(Cl)cn3)c2)OC1(C)C. The van der Waals surface area contributed by atoms with Crippen LogP contribution in [-0.2, 0) is 9.31 Å². The van der Waals surface area contributed by atoms with E-state index in [4.69, 9.17) is 20.9 Å². The standard InChI is InChI=1S/C14H17BClN3O2/c1-13(2)14(3,4)21-15(20-13)10-7-18-19(9-10)12-6-5-11(16)8-17-12/h5-9H,1-4H3. The van der Waals surface area contributed by atoms with E-state index in [2.05, 4.69) is 10.1 Å². The Bertz CT molecular complexity index is 638. The van der Waals surface area contributed by atoms with Crippen LogP contribution in [0.25, 0.3) is 5.82 Å². The molecule has 0 bridgehead atoms. The van der Waals surface area contributed by atoms with Crippen molar-refractivity contribution in [2.45, 2.75) is 38.9 Å². The van der Waals surface area contributed by atoms with E-state index in [1.165, 1.54) is 0 Å². The fourth-order valence-electron chi connectivity index (χ4n) is 2.07. The number of hydrogen-bond donors (Lipinski definition) is 0. The minimum atomic E-state index is -0.420. The molecule has 2 aromatic rings. The van der Waals surface area contributed by atoms with Crippen molar-refractivity contribution in [1.29, 1.82) is 0 Å². The maximum absolute atomic E-state index is 6.00. The van der Waals surface area contributed by atoms with E-state index in [1.807, 2.05) is 40.0 Å². The van der Waals surface area contributed by atoms with Crippen LogP contribution in [0, 0.1) is 0 Å². The number of rotatable bonds is 2. The van der Waals surface area contributed by atoms with Gasteiger partial charge in [-0.25, -0.2) is 9.67 Å². The summed E-state index contributed by atoms with van der Waals surface area (Å²) in [5, 5.41) is 4.90. The zero-order chi connectivity index (χ0) is 15.3. The molecule has 7 heteroatoms. The maximum Gasteiger partial charge on any atom is 0.498 e. The first-order valence-corrected chi connectivity index (χ1v) is 7.18. The number of hydrogen-bond acceptors (Lipinski definition) is 4. The third kappa shape index (κ3) is 2.59. The molecule has 1 saturated heterocycles. The van der Waals surface area contributed by atoms with Crippen molar-refractivity contribution in [3.8, 4) is 5.82 Å². The zero-order valence-electron chi connectivity index (χ0n) is 12.5. The quantitative estimate of drug-likeness (QED) is 0.798. The highest BCUT2D eigenvalue weighted by atomic mass is 35.5. The Kier molecular flexibility index (Phi) is 3.35. The van der Waals surface area contributed by atoms with Crippen LogP contribution in [0.15, 0.2) is 30.7 Å². The van der Waals surface area contributed by atoms with E-state index >= 15 is 0 Å². The van der Waals surface area contributed by atoms with Crippen molar-refractivity contribution >= 4 is 24.2 Å². The van der Waals surface area contributed by atoms with Crippen LogP contribution < -0.4 is 5.46 Å². The summed E-state index contributed by atoms with van der Waals surface area (Å²) in [5.74, 6) is 0.696. The van der Waals surface area contributed by atoms with Crippen molar-refractivity contribution in [1.82, 2.24) is 14.8 Å². The molecule has 2 aromatic heterocycles. The number of halogens is 1. The van der Waals surface area contributed by atoms with Crippen LogP contribution in [0.1, 0.15) is 27.7 Å². The average molecular weight is 306 g/mol. The van der Waals surface area contributed by atoms with Gasteiger partial charge in [0.1, 0.15) is 0 Å². The Morgan fingerprint density at radius 3 is 2.33 bits per heavy atom. The van der Waals surface area contributed by atoms with E-state index in [9.17, 15) is 0 Å². The van der Waals surface area contributed by atoms with Gasteiger partial charge in [0.15, 0.2) is 5.82 Å². The first-order chi connectivity index (χ1) is 9.78. The molecule has 110 valence electrons. The lowest BCUT2D eigenvalue weighted by atomic mass is 9.82. The van der Waals surface area contributed by atoms with Crippen molar-refractivity contribution in [3.63, 3.8) is 0 Å². The predicted molar refractivity (Wildman–Crippen MR) is 82.1 cm³/mol. The van der Waals surface area contributed by atoms with Gasteiger partial charge in [-0.3, -0.25) is 0 Å². The molecule has 3 rings (SSSR count). The first-order valence-electron chi connectivity index (χ1n) is 6.81. The Balaban J connectivity index is 1.85. The fourth-order valence-corrected chi connectivity index (χ4v) is 2.18. The second kappa shape index (κ2) is 4.83. The van der Waals surface area contributed by atoms with Crippen LogP contribution in [0.4, 0.5) is 0 Å². The lowest BCUT2D eigenvalue weighted by Crippen LogP contribution is -2.41. The van der Waals surface area contributed by atoms with E-state index in [1.54, 1.807) is 23.1 Å². The number of aromatic nitrogens is 3. The Morgan fingerprint density at radius 2 is 1.76 bits per heavy atom. The summed E-state index contributed by atoms with van der Waals surface area (Å²) in [6, 6.07) is 3.59. The lowest BCUT2D eigenvalue weighted by Gasteiger charge is -2.32. The van der Waals surface area contributed by atoms with Gasteiger partial charge < -0.3 is 9.31 Å². The maximum atomic E-state index is 6.00. The molecule has 0 aliphatic carbocycles. The van der Waals surface area contributed by atoms with Gasteiger partial charge in [0.25, 0.3) is 0 Å². The summed E-state index contributed by atoms with van der Waals surface area (Å²) < 4.78 is 13.7. The van der Waals surface area contributed by atoms with Crippen molar-refractivity contribution in [2.24, 2.45) is 0 Å². The van der Waals surface area contributed by atoms with Crippen molar-refractivity contribution in [2.75, 3.05) is 0 Å². The topological polar surface area (TPSA) is 49.2 Å². The molecule has 1 aliphatic rings. The molecule has 1 fully saturated rings. The van der Waals surface area contributed by atoms with Gasteiger partial charge >= 0.3 is 7.12 Å². The van der Waals surface area contributed by atoms with Gasteiger partial charge in [0.2, 0.25) is 0 Å². The van der Waals surface area contributed by atoms with Crippen molar-refractivity contribution in [3.05, 3.63) is 35.7 Å². The Morgan fingerprint density at radius 1 is 1.10 bits per heavy atom. The van der Waals surface area contributed by atoms with Crippen LogP contribution >= 0.6 is 11.6 Å². The summed E-state index contributed by atoms with van der Waals surface area (Å²) in [7, 11) is -0.420. The molecule has 0 unspecified atom stereocenters. The van der Waals surface area contributed by atoms with Gasteiger partial charge in [0.05, 0.1) is 16.2 Å². The van der Waals surface area contributed by atoms with Crippen molar-refractivity contribution < 1.29 is 9.31 Å². The first kappa shape index (κ1) is 14.6. The highest BCUT2D eigenvalue weighted by Crippen LogP contribution is 2.36. The third-order valence-electron chi connectivity index (χ3n) is 4.07. The molecule has 0 atom stereocenters. The molecule has 1 aliphatic heterocycles. The molecule has 21 heavy (non-hydrogen) atoms. The van der Waals surface area contributed by atoms with Crippen LogP contribution in [-0.4, -0.2) is 33.1 Å². The molecule has 0 saturated carbocycles. The monoisotopic (exact) mass is 305 g/mol. The molecular formula is C14H17BClN3O2. The van der Waals surface area contributed by atoms with E-state index in [0.29, 0.717) is 10.8 Å². The second-order valence-electron chi connectivity index (χ2n) is 6.14. The van der Waals surface area contributed by atoms with Gasteiger partial charge in [-0.2, -0.15) is 5.10 Å². The highest BCUT2D eigenvalue weighted by Gasteiger charge is 2.52. The van der Waals surface area contributed by atoms with Gasteiger partial charge in [-0.1, -0.05) is 11.6 Å². The minimum Gasteiger partial charge on any atom is -0.399 e. The average Bonchev–Trinajstić information content (AvgIpc) is 2.94. The van der Waals surface area contributed by atoms with Gasteiger partial charge in [0, 0.05) is 24.1 Å². The molecule has 0 aromatic carbocycles. The predicted octanol–water partition coefficient (Wildman–Crippen LogP) is 2.22. The second-order valence-corrected chi connectivity index (χ2v) is 6.58. The Labute approximate surface area is 129 Å². The van der Waals surface area contributed by atoms with Crippen LogP contribution in [0.2, 0.25) is 5.02 Å². The summed E-state index contributed by atoms with van der Waals surface area (Å²) in [5.41, 5.74) is 0.140. The third-order valence-corrected chi connectivity index (χ3v) is 4.30. The van der Waals surface area contributed by atoms with E-state index in [-0.39, 0.29) is 11.2 Å². The summed E-state index contributed by atoms with van der Waals surface area (Å²) >= 11 is 5.84. The molecular weight excluding hydrogens is 288 g/mol. The Hall–Kier alpha value is -1.37. The molecule has 0 amide bonds. The smallest absolute Gasteiger partial charge is 0.399 e.